The van der Waals surface area contributed by atoms with E-state index in [2.05, 4.69) is 32.5 Å². The molecule has 2 heterocycles. The molecule has 0 aliphatic rings. The van der Waals surface area contributed by atoms with E-state index in [1.165, 1.54) is 0 Å². The normalized spacial score (nSPS) is 12.4. The van der Waals surface area contributed by atoms with E-state index in [-0.39, 0.29) is 11.4 Å². The van der Waals surface area contributed by atoms with Gasteiger partial charge in [0.05, 0.1) is 52.7 Å². The van der Waals surface area contributed by atoms with Crippen LogP contribution < -0.4 is 10.7 Å². The van der Waals surface area contributed by atoms with Gasteiger partial charge in [-0.3, -0.25) is 0 Å². The van der Waals surface area contributed by atoms with Gasteiger partial charge in [-0.15, -0.1) is 0 Å². The minimum absolute atomic E-state index is 0.119. The first-order valence-corrected chi connectivity index (χ1v) is 11.7. The van der Waals surface area contributed by atoms with E-state index in [1.807, 2.05) is 91.0 Å². The summed E-state index contributed by atoms with van der Waals surface area (Å²) in [5.41, 5.74) is 3.10. The average Bonchev–Trinajstić information content (AvgIpc) is 3.49. The van der Waals surface area contributed by atoms with Crippen molar-refractivity contribution >= 4 is 44.0 Å². The Kier molecular flexibility index (Phi) is 5.22. The zero-order valence-corrected chi connectivity index (χ0v) is 19.9. The molecule has 0 fully saturated rings. The Morgan fingerprint density at radius 2 is 1.11 bits per heavy atom. The van der Waals surface area contributed by atoms with E-state index >= 15 is 0 Å². The molecule has 38 heavy (non-hydrogen) atoms. The van der Waals surface area contributed by atoms with Crippen LogP contribution in [-0.2, 0) is 0 Å². The molecule has 6 nitrogen and oxygen atoms in total. The topological polar surface area (TPSA) is 66.2 Å². The van der Waals surface area contributed by atoms with Crippen LogP contribution in [0.2, 0.25) is 0 Å². The minimum atomic E-state index is -0.124. The van der Waals surface area contributed by atoms with Crippen LogP contribution >= 0.6 is 0 Å². The predicted molar refractivity (Wildman–Crippen MR) is 148 cm³/mol. The molecule has 0 atom stereocenters. The number of nitriles is 2. The number of fused-ring (bicyclic) bond motifs is 4. The third-order valence-corrected chi connectivity index (χ3v) is 6.70. The summed E-state index contributed by atoms with van der Waals surface area (Å²) in [6, 6.07) is 35.2. The Bertz CT molecular complexity index is 2140. The number of benzene rings is 4. The molecule has 0 aliphatic carbocycles. The first-order valence-electron chi connectivity index (χ1n) is 11.7. The molecule has 0 amide bonds. The maximum absolute atomic E-state index is 10.1. The van der Waals surface area contributed by atoms with E-state index in [0.717, 1.165) is 27.5 Å². The van der Waals surface area contributed by atoms with Gasteiger partial charge >= 0.3 is 0 Å². The summed E-state index contributed by atoms with van der Waals surface area (Å²) in [5.74, 6) is 0. The average molecular weight is 485 g/mol. The third-order valence-electron chi connectivity index (χ3n) is 6.70. The highest BCUT2D eigenvalue weighted by Crippen LogP contribution is 2.33. The van der Waals surface area contributed by atoms with Crippen LogP contribution in [-0.4, -0.2) is 9.13 Å². The number of para-hydroxylation sites is 3. The van der Waals surface area contributed by atoms with Gasteiger partial charge in [0.1, 0.15) is 0 Å². The summed E-state index contributed by atoms with van der Waals surface area (Å²) in [5, 5.41) is 24.1. The van der Waals surface area contributed by atoms with Crippen LogP contribution in [0.15, 0.2) is 97.1 Å². The molecule has 0 radical (unpaired) electrons. The number of nitrogens with zero attached hydrogens (tertiary/aromatic N) is 6. The van der Waals surface area contributed by atoms with E-state index in [0.29, 0.717) is 27.2 Å². The molecule has 0 saturated carbocycles. The lowest BCUT2D eigenvalue weighted by atomic mass is 10.1. The van der Waals surface area contributed by atoms with Gasteiger partial charge < -0.3 is 9.13 Å². The lowest BCUT2D eigenvalue weighted by Crippen LogP contribution is -2.27. The Hall–Kier alpha value is -6.08. The summed E-state index contributed by atoms with van der Waals surface area (Å²) < 4.78 is 3.83. The van der Waals surface area contributed by atoms with Gasteiger partial charge in [0.2, 0.25) is 0 Å². The molecule has 2 aromatic heterocycles. The number of rotatable bonds is 2. The molecule has 174 valence electrons. The van der Waals surface area contributed by atoms with Crippen LogP contribution in [0.5, 0.6) is 0 Å². The van der Waals surface area contributed by atoms with Crippen molar-refractivity contribution in [1.82, 2.24) is 9.13 Å². The second-order valence-electron chi connectivity index (χ2n) is 8.58. The molecule has 0 aliphatic heterocycles. The lowest BCUT2D eigenvalue weighted by molar-refractivity contribution is 0.997. The maximum Gasteiger partial charge on any atom is 0.285 e. The maximum atomic E-state index is 10.1. The molecule has 0 bridgehead atoms. The standard InChI is InChI=1S/C32H16N6/c1-35-25(19-33)31-24-15-10-18-29(38-27-16-8-6-13-22(27)23-14-7-9-17-28(23)38)30(24)32(26(20-34)36-2)37(31)21-11-4-3-5-12-21/h3-18H/b31-25+,32-26+. The quantitative estimate of drug-likeness (QED) is 0.290. The zero-order chi connectivity index (χ0) is 26.2. The fourth-order valence-electron chi connectivity index (χ4n) is 5.25. The van der Waals surface area contributed by atoms with Crippen molar-refractivity contribution < 1.29 is 0 Å². The van der Waals surface area contributed by atoms with Crippen molar-refractivity contribution in [1.29, 1.82) is 10.5 Å². The summed E-state index contributed by atoms with van der Waals surface area (Å²) in [6.45, 7) is 15.6. The van der Waals surface area contributed by atoms with Crippen LogP contribution in [0.4, 0.5) is 0 Å². The van der Waals surface area contributed by atoms with E-state index in [1.54, 1.807) is 4.57 Å². The molecule has 6 rings (SSSR count). The zero-order valence-electron chi connectivity index (χ0n) is 19.9. The lowest BCUT2D eigenvalue weighted by Gasteiger charge is -2.10. The van der Waals surface area contributed by atoms with Crippen molar-refractivity contribution in [3.63, 3.8) is 0 Å². The number of hydrogen-bond acceptors (Lipinski definition) is 2. The molecular formula is C32H16N6. The van der Waals surface area contributed by atoms with Gasteiger partial charge in [-0.1, -0.05) is 66.7 Å². The molecule has 6 heteroatoms. The predicted octanol–water partition coefficient (Wildman–Crippen LogP) is 5.83. The van der Waals surface area contributed by atoms with E-state index < -0.39 is 0 Å². The SMILES string of the molecule is [C-]#[N+]/C(C#N)=c1\c2cccc(-n3c4ccccc4c4ccccc43)c2/c(=C(/C#N)[N+]#[C-])n1-c1ccccc1. The summed E-state index contributed by atoms with van der Waals surface area (Å²) in [7, 11) is 0. The largest absolute Gasteiger partial charge is 0.327 e. The molecule has 0 unspecified atom stereocenters. The van der Waals surface area contributed by atoms with Crippen LogP contribution in [0.3, 0.4) is 0 Å². The Morgan fingerprint density at radius 3 is 1.68 bits per heavy atom. The fourth-order valence-corrected chi connectivity index (χ4v) is 5.25. The molecular weight excluding hydrogens is 468 g/mol. The number of hydrogen-bond donors (Lipinski definition) is 0. The van der Waals surface area contributed by atoms with E-state index in [4.69, 9.17) is 13.1 Å². The van der Waals surface area contributed by atoms with Crippen molar-refractivity contribution in [3.8, 4) is 23.5 Å². The highest BCUT2D eigenvalue weighted by atomic mass is 15.0. The van der Waals surface area contributed by atoms with Gasteiger partial charge in [-0.2, -0.15) is 0 Å². The van der Waals surface area contributed by atoms with Gasteiger partial charge in [0.25, 0.3) is 11.4 Å². The second-order valence-corrected chi connectivity index (χ2v) is 8.58. The first kappa shape index (κ1) is 22.4. The van der Waals surface area contributed by atoms with Crippen molar-refractivity contribution in [2.75, 3.05) is 0 Å². The van der Waals surface area contributed by atoms with Crippen molar-refractivity contribution in [3.05, 3.63) is 131 Å². The van der Waals surface area contributed by atoms with Gasteiger partial charge in [-0.25, -0.2) is 20.2 Å². The molecule has 6 aromatic rings. The Morgan fingerprint density at radius 1 is 0.579 bits per heavy atom. The van der Waals surface area contributed by atoms with Crippen molar-refractivity contribution in [2.24, 2.45) is 0 Å². The highest BCUT2D eigenvalue weighted by molar-refractivity contribution is 6.11. The summed E-state index contributed by atoms with van der Waals surface area (Å²) in [6.07, 6.45) is 0. The van der Waals surface area contributed by atoms with E-state index in [9.17, 15) is 10.5 Å². The smallest absolute Gasteiger partial charge is 0.285 e. The van der Waals surface area contributed by atoms with Gasteiger partial charge in [0.15, 0.2) is 0 Å². The molecule has 4 aromatic carbocycles. The van der Waals surface area contributed by atoms with Crippen LogP contribution in [0.25, 0.3) is 65.0 Å². The summed E-state index contributed by atoms with van der Waals surface area (Å²) in [4.78, 5) is 7.13. The monoisotopic (exact) mass is 484 g/mol. The number of aromatic nitrogens is 2. The van der Waals surface area contributed by atoms with Gasteiger partial charge in [-0.05, 0) is 35.7 Å². The van der Waals surface area contributed by atoms with Crippen LogP contribution in [0.1, 0.15) is 0 Å². The Labute approximate surface area is 217 Å². The van der Waals surface area contributed by atoms with Crippen LogP contribution in [0, 0.1) is 35.8 Å². The molecule has 0 spiro atoms. The first-order chi connectivity index (χ1) is 18.7. The highest BCUT2D eigenvalue weighted by Gasteiger charge is 2.21. The third kappa shape index (κ3) is 3.09. The minimum Gasteiger partial charge on any atom is -0.327 e. The fraction of sp³-hybridized carbons (Fsp3) is 0. The molecule has 0 saturated heterocycles. The second kappa shape index (κ2) is 8.85. The van der Waals surface area contributed by atoms with Crippen molar-refractivity contribution in [2.45, 2.75) is 0 Å². The van der Waals surface area contributed by atoms with Gasteiger partial charge in [0, 0.05) is 21.8 Å². The summed E-state index contributed by atoms with van der Waals surface area (Å²) >= 11 is 0. The molecule has 0 N–H and O–H groups in total. The Balaban J connectivity index is 1.99.